The molecule has 6 heteroatoms. The van der Waals surface area contributed by atoms with Crippen molar-refractivity contribution in [2.24, 2.45) is 0 Å². The van der Waals surface area contributed by atoms with Crippen LogP contribution in [0.25, 0.3) is 0 Å². The smallest absolute Gasteiger partial charge is 0.270 e. The highest BCUT2D eigenvalue weighted by Crippen LogP contribution is 2.25. The van der Waals surface area contributed by atoms with Crippen molar-refractivity contribution in [3.8, 4) is 6.07 Å². The number of hydrogen-bond donors (Lipinski definition) is 1. The summed E-state index contributed by atoms with van der Waals surface area (Å²) >= 11 is 0. The van der Waals surface area contributed by atoms with E-state index in [0.29, 0.717) is 17.3 Å². The van der Waals surface area contributed by atoms with Gasteiger partial charge in [-0.2, -0.15) is 5.26 Å². The largest absolute Gasteiger partial charge is 0.383 e. The van der Waals surface area contributed by atoms with Gasteiger partial charge in [-0.15, -0.1) is 0 Å². The SMILES string of the molecule is CN(CCNc1ccc([N+](=O)[O-])cc1C#N)C1CC1. The number of benzene rings is 1. The Morgan fingerprint density at radius 1 is 1.58 bits per heavy atom. The summed E-state index contributed by atoms with van der Waals surface area (Å²) in [6.07, 6.45) is 2.52. The molecule has 1 aliphatic rings. The summed E-state index contributed by atoms with van der Waals surface area (Å²) in [5.41, 5.74) is 0.901. The molecular weight excluding hydrogens is 244 g/mol. The lowest BCUT2D eigenvalue weighted by atomic mass is 10.1. The van der Waals surface area contributed by atoms with Crippen molar-refractivity contribution in [1.82, 2.24) is 4.90 Å². The number of nitrogens with one attached hydrogen (secondary N) is 1. The Bertz CT molecular complexity index is 520. The lowest BCUT2D eigenvalue weighted by Crippen LogP contribution is -2.27. The Kier molecular flexibility index (Phi) is 3.97. The maximum Gasteiger partial charge on any atom is 0.270 e. The van der Waals surface area contributed by atoms with Gasteiger partial charge in [-0.25, -0.2) is 0 Å². The van der Waals surface area contributed by atoms with Crippen LogP contribution in [0.2, 0.25) is 0 Å². The van der Waals surface area contributed by atoms with Gasteiger partial charge in [0.1, 0.15) is 6.07 Å². The number of nitro benzene ring substituents is 1. The van der Waals surface area contributed by atoms with Gasteiger partial charge in [-0.05, 0) is 26.0 Å². The Hall–Kier alpha value is -2.13. The summed E-state index contributed by atoms with van der Waals surface area (Å²) in [6, 6.07) is 6.99. The van der Waals surface area contributed by atoms with E-state index in [0.717, 1.165) is 13.1 Å². The summed E-state index contributed by atoms with van der Waals surface area (Å²) in [5, 5.41) is 22.8. The van der Waals surface area contributed by atoms with Gasteiger partial charge in [0.2, 0.25) is 0 Å². The molecule has 0 bridgehead atoms. The molecule has 0 amide bonds. The second-order valence-electron chi connectivity index (χ2n) is 4.74. The third kappa shape index (κ3) is 3.42. The number of likely N-dealkylation sites (N-methyl/N-ethyl adjacent to an activating group) is 1. The molecule has 0 saturated heterocycles. The Morgan fingerprint density at radius 2 is 2.32 bits per heavy atom. The van der Waals surface area contributed by atoms with Crippen molar-refractivity contribution in [2.75, 3.05) is 25.5 Å². The lowest BCUT2D eigenvalue weighted by molar-refractivity contribution is -0.384. The van der Waals surface area contributed by atoms with Gasteiger partial charge in [-0.3, -0.25) is 10.1 Å². The van der Waals surface area contributed by atoms with E-state index < -0.39 is 4.92 Å². The normalized spacial score (nSPS) is 14.2. The van der Waals surface area contributed by atoms with E-state index in [-0.39, 0.29) is 5.69 Å². The van der Waals surface area contributed by atoms with Gasteiger partial charge in [0.15, 0.2) is 0 Å². The highest BCUT2D eigenvalue weighted by molar-refractivity contribution is 5.61. The van der Waals surface area contributed by atoms with Crippen molar-refractivity contribution in [1.29, 1.82) is 5.26 Å². The van der Waals surface area contributed by atoms with Crippen molar-refractivity contribution >= 4 is 11.4 Å². The summed E-state index contributed by atoms with van der Waals surface area (Å²) in [5.74, 6) is 0. The van der Waals surface area contributed by atoms with E-state index in [1.54, 1.807) is 6.07 Å². The molecule has 2 rings (SSSR count). The highest BCUT2D eigenvalue weighted by Gasteiger charge is 2.25. The van der Waals surface area contributed by atoms with E-state index in [1.165, 1.54) is 25.0 Å². The van der Waals surface area contributed by atoms with Crippen LogP contribution in [0.4, 0.5) is 11.4 Å². The fourth-order valence-corrected chi connectivity index (χ4v) is 1.96. The first-order chi connectivity index (χ1) is 9.11. The zero-order chi connectivity index (χ0) is 13.8. The topological polar surface area (TPSA) is 82.2 Å². The van der Waals surface area contributed by atoms with Crippen LogP contribution >= 0.6 is 0 Å². The number of anilines is 1. The van der Waals surface area contributed by atoms with Gasteiger partial charge in [0, 0.05) is 31.3 Å². The number of non-ortho nitro benzene ring substituents is 1. The van der Waals surface area contributed by atoms with Gasteiger partial charge in [0.25, 0.3) is 5.69 Å². The first-order valence-electron chi connectivity index (χ1n) is 6.24. The molecule has 0 aromatic heterocycles. The molecule has 1 aromatic carbocycles. The molecule has 6 nitrogen and oxygen atoms in total. The first kappa shape index (κ1) is 13.3. The molecule has 100 valence electrons. The minimum Gasteiger partial charge on any atom is -0.383 e. The molecule has 1 fully saturated rings. The maximum atomic E-state index is 10.6. The first-order valence-corrected chi connectivity index (χ1v) is 6.24. The molecule has 0 spiro atoms. The van der Waals surface area contributed by atoms with Gasteiger partial charge >= 0.3 is 0 Å². The second-order valence-corrected chi connectivity index (χ2v) is 4.74. The predicted octanol–water partition coefficient (Wildman–Crippen LogP) is 1.97. The standard InChI is InChI=1S/C13H16N4O2/c1-16(11-2-3-11)7-6-15-13-5-4-12(17(18)19)8-10(13)9-14/h4-5,8,11,15H,2-3,6-7H2,1H3. The van der Waals surface area contributed by atoms with Crippen LogP contribution in [0.5, 0.6) is 0 Å². The van der Waals surface area contributed by atoms with Gasteiger partial charge in [0.05, 0.1) is 16.2 Å². The monoisotopic (exact) mass is 260 g/mol. The van der Waals surface area contributed by atoms with E-state index in [2.05, 4.69) is 17.3 Å². The Morgan fingerprint density at radius 3 is 2.89 bits per heavy atom. The summed E-state index contributed by atoms with van der Waals surface area (Å²) in [4.78, 5) is 12.4. The second kappa shape index (κ2) is 5.67. The van der Waals surface area contributed by atoms with Crippen LogP contribution in [0.1, 0.15) is 18.4 Å². The molecular formula is C13H16N4O2. The van der Waals surface area contributed by atoms with E-state index in [1.807, 2.05) is 6.07 Å². The molecule has 1 aromatic rings. The molecule has 0 radical (unpaired) electrons. The van der Waals surface area contributed by atoms with E-state index >= 15 is 0 Å². The van der Waals surface area contributed by atoms with Crippen molar-refractivity contribution in [3.63, 3.8) is 0 Å². The summed E-state index contributed by atoms with van der Waals surface area (Å²) in [6.45, 7) is 1.62. The minimum absolute atomic E-state index is 0.0581. The maximum absolute atomic E-state index is 10.6. The molecule has 0 atom stereocenters. The lowest BCUT2D eigenvalue weighted by Gasteiger charge is -2.16. The molecule has 0 heterocycles. The van der Waals surface area contributed by atoms with Crippen molar-refractivity contribution in [3.05, 3.63) is 33.9 Å². The molecule has 19 heavy (non-hydrogen) atoms. The van der Waals surface area contributed by atoms with Gasteiger partial charge in [-0.1, -0.05) is 0 Å². The molecule has 1 saturated carbocycles. The van der Waals surface area contributed by atoms with Crippen molar-refractivity contribution in [2.45, 2.75) is 18.9 Å². The third-order valence-corrected chi connectivity index (χ3v) is 3.28. The number of nitrogens with zero attached hydrogens (tertiary/aromatic N) is 3. The van der Waals surface area contributed by atoms with Gasteiger partial charge < -0.3 is 10.2 Å². The fraction of sp³-hybridized carbons (Fsp3) is 0.462. The van der Waals surface area contributed by atoms with Crippen LogP contribution in [-0.2, 0) is 0 Å². The quantitative estimate of drug-likeness (QED) is 0.624. The fourth-order valence-electron chi connectivity index (χ4n) is 1.96. The average Bonchev–Trinajstić information content (AvgIpc) is 3.22. The number of rotatable bonds is 6. The predicted molar refractivity (Wildman–Crippen MR) is 72.0 cm³/mol. The third-order valence-electron chi connectivity index (χ3n) is 3.28. The highest BCUT2D eigenvalue weighted by atomic mass is 16.6. The van der Waals surface area contributed by atoms with E-state index in [9.17, 15) is 10.1 Å². The number of hydrogen-bond acceptors (Lipinski definition) is 5. The zero-order valence-electron chi connectivity index (χ0n) is 10.8. The van der Waals surface area contributed by atoms with E-state index in [4.69, 9.17) is 5.26 Å². The molecule has 0 aliphatic heterocycles. The Balaban J connectivity index is 1.95. The number of nitriles is 1. The number of nitro groups is 1. The minimum atomic E-state index is -0.495. The van der Waals surface area contributed by atoms with Crippen LogP contribution < -0.4 is 5.32 Å². The van der Waals surface area contributed by atoms with Crippen LogP contribution in [0.3, 0.4) is 0 Å². The molecule has 1 aliphatic carbocycles. The summed E-state index contributed by atoms with van der Waals surface area (Å²) in [7, 11) is 2.08. The molecule has 0 unspecified atom stereocenters. The summed E-state index contributed by atoms with van der Waals surface area (Å²) < 4.78 is 0. The zero-order valence-corrected chi connectivity index (χ0v) is 10.8. The molecule has 1 N–H and O–H groups in total. The van der Waals surface area contributed by atoms with Crippen LogP contribution in [0, 0.1) is 21.4 Å². The van der Waals surface area contributed by atoms with Crippen LogP contribution in [0.15, 0.2) is 18.2 Å². The average molecular weight is 260 g/mol. The Labute approximate surface area is 111 Å². The van der Waals surface area contributed by atoms with Crippen LogP contribution in [-0.4, -0.2) is 36.0 Å². The van der Waals surface area contributed by atoms with Crippen molar-refractivity contribution < 1.29 is 4.92 Å².